The second-order valence-electron chi connectivity index (χ2n) is 5.39. The lowest BCUT2D eigenvalue weighted by Gasteiger charge is -2.18. The second-order valence-corrected chi connectivity index (χ2v) is 5.39. The Balaban J connectivity index is 2.16. The maximum atomic E-state index is 12.3. The van der Waals surface area contributed by atoms with Crippen LogP contribution in [0.3, 0.4) is 0 Å². The van der Waals surface area contributed by atoms with Gasteiger partial charge in [-0.3, -0.25) is 4.79 Å². The Hall–Kier alpha value is -2.76. The van der Waals surface area contributed by atoms with Crippen LogP contribution in [0.15, 0.2) is 28.7 Å². The number of methoxy groups -OCH3 is 1. The van der Waals surface area contributed by atoms with E-state index in [0.717, 1.165) is 22.4 Å². The summed E-state index contributed by atoms with van der Waals surface area (Å²) < 4.78 is 10.4. The maximum Gasteiger partial charge on any atom is 0.371 e. The SMILES string of the molecule is COc1c(C)cc(CN(C)C(=O)c2ccc(C(=O)O)o2)cc1C. The van der Waals surface area contributed by atoms with Gasteiger partial charge >= 0.3 is 5.97 Å². The Kier molecular flexibility index (Phi) is 4.74. The van der Waals surface area contributed by atoms with Gasteiger partial charge in [0.2, 0.25) is 5.76 Å². The van der Waals surface area contributed by atoms with Gasteiger partial charge in [-0.1, -0.05) is 12.1 Å². The number of ether oxygens (including phenoxy) is 1. The van der Waals surface area contributed by atoms with E-state index in [4.69, 9.17) is 14.3 Å². The molecule has 1 N–H and O–H groups in total. The van der Waals surface area contributed by atoms with Crippen LogP contribution in [0.5, 0.6) is 5.75 Å². The summed E-state index contributed by atoms with van der Waals surface area (Å²) >= 11 is 0. The van der Waals surface area contributed by atoms with Gasteiger partial charge in [0.05, 0.1) is 7.11 Å². The second kappa shape index (κ2) is 6.56. The van der Waals surface area contributed by atoms with Crippen molar-refractivity contribution in [2.45, 2.75) is 20.4 Å². The van der Waals surface area contributed by atoms with Crippen molar-refractivity contribution in [1.82, 2.24) is 4.90 Å². The normalized spacial score (nSPS) is 10.4. The molecule has 0 saturated heterocycles. The first kappa shape index (κ1) is 16.6. The molecule has 0 fully saturated rings. The van der Waals surface area contributed by atoms with Crippen LogP contribution < -0.4 is 4.74 Å². The molecule has 0 saturated carbocycles. The van der Waals surface area contributed by atoms with Crippen LogP contribution in [0, 0.1) is 13.8 Å². The highest BCUT2D eigenvalue weighted by Gasteiger charge is 2.19. The quantitative estimate of drug-likeness (QED) is 0.917. The van der Waals surface area contributed by atoms with Crippen LogP contribution in [0.4, 0.5) is 0 Å². The maximum absolute atomic E-state index is 12.3. The van der Waals surface area contributed by atoms with Crippen molar-refractivity contribution in [3.05, 3.63) is 52.5 Å². The molecule has 122 valence electrons. The van der Waals surface area contributed by atoms with E-state index in [9.17, 15) is 9.59 Å². The smallest absolute Gasteiger partial charge is 0.371 e. The van der Waals surface area contributed by atoms with Crippen molar-refractivity contribution < 1.29 is 23.8 Å². The third-order valence-electron chi connectivity index (χ3n) is 3.52. The van der Waals surface area contributed by atoms with E-state index in [2.05, 4.69) is 0 Å². The molecule has 0 radical (unpaired) electrons. The Morgan fingerprint density at radius 1 is 1.17 bits per heavy atom. The lowest BCUT2D eigenvalue weighted by Crippen LogP contribution is -2.26. The number of nitrogens with zero attached hydrogens (tertiary/aromatic N) is 1. The van der Waals surface area contributed by atoms with Crippen LogP contribution in [0.1, 0.15) is 37.8 Å². The Morgan fingerprint density at radius 2 is 1.74 bits per heavy atom. The molecule has 6 nitrogen and oxygen atoms in total. The third-order valence-corrected chi connectivity index (χ3v) is 3.52. The highest BCUT2D eigenvalue weighted by atomic mass is 16.5. The molecule has 0 atom stereocenters. The standard InChI is InChI=1S/C17H19NO5/c1-10-7-12(8-11(2)15(10)22-4)9-18(3)16(19)13-5-6-14(23-13)17(20)21/h5-8H,9H2,1-4H3,(H,20,21). The molecule has 0 unspecified atom stereocenters. The van der Waals surface area contributed by atoms with Crippen molar-refractivity contribution in [3.63, 3.8) is 0 Å². The molecule has 1 amide bonds. The van der Waals surface area contributed by atoms with E-state index in [-0.39, 0.29) is 17.4 Å². The molecule has 2 rings (SSSR count). The predicted molar refractivity (Wildman–Crippen MR) is 83.9 cm³/mol. The molecular formula is C17H19NO5. The number of rotatable bonds is 5. The molecule has 2 aromatic rings. The molecule has 1 aromatic carbocycles. The highest BCUT2D eigenvalue weighted by Crippen LogP contribution is 2.25. The first-order chi connectivity index (χ1) is 10.8. The van der Waals surface area contributed by atoms with Gasteiger partial charge in [-0.2, -0.15) is 0 Å². The minimum absolute atomic E-state index is 0.00635. The van der Waals surface area contributed by atoms with E-state index in [1.807, 2.05) is 26.0 Å². The van der Waals surface area contributed by atoms with Crippen LogP contribution >= 0.6 is 0 Å². The lowest BCUT2D eigenvalue weighted by molar-refractivity contribution is 0.0653. The van der Waals surface area contributed by atoms with Crippen molar-refractivity contribution in [1.29, 1.82) is 0 Å². The number of hydrogen-bond donors (Lipinski definition) is 1. The van der Waals surface area contributed by atoms with Gasteiger partial charge in [0.15, 0.2) is 5.76 Å². The highest BCUT2D eigenvalue weighted by molar-refractivity contribution is 5.93. The summed E-state index contributed by atoms with van der Waals surface area (Å²) in [7, 11) is 3.27. The van der Waals surface area contributed by atoms with Gasteiger partial charge < -0.3 is 19.2 Å². The molecular weight excluding hydrogens is 298 g/mol. The number of carboxylic acids is 1. The van der Waals surface area contributed by atoms with Gasteiger partial charge in [0.25, 0.3) is 5.91 Å². The van der Waals surface area contributed by atoms with Crippen molar-refractivity contribution >= 4 is 11.9 Å². The molecule has 23 heavy (non-hydrogen) atoms. The number of carboxylic acid groups (broad SMARTS) is 1. The van der Waals surface area contributed by atoms with Crippen molar-refractivity contribution in [2.24, 2.45) is 0 Å². The first-order valence-electron chi connectivity index (χ1n) is 7.06. The molecule has 1 heterocycles. The molecule has 1 aromatic heterocycles. The molecule has 0 aliphatic heterocycles. The van der Waals surface area contributed by atoms with Gasteiger partial charge in [-0.25, -0.2) is 4.79 Å². The largest absolute Gasteiger partial charge is 0.496 e. The zero-order valence-electron chi connectivity index (χ0n) is 13.5. The summed E-state index contributed by atoms with van der Waals surface area (Å²) in [5.41, 5.74) is 2.95. The molecule has 0 spiro atoms. The lowest BCUT2D eigenvalue weighted by atomic mass is 10.1. The summed E-state index contributed by atoms with van der Waals surface area (Å²) in [6, 6.07) is 6.55. The van der Waals surface area contributed by atoms with E-state index >= 15 is 0 Å². The van der Waals surface area contributed by atoms with Crippen LogP contribution in [0.2, 0.25) is 0 Å². The van der Waals surface area contributed by atoms with E-state index in [1.165, 1.54) is 17.0 Å². The topological polar surface area (TPSA) is 80.0 Å². The number of aryl methyl sites for hydroxylation is 2. The summed E-state index contributed by atoms with van der Waals surface area (Å²) in [4.78, 5) is 24.6. The number of benzene rings is 1. The zero-order chi connectivity index (χ0) is 17.1. The number of carbonyl (C=O) groups is 2. The number of hydrogen-bond acceptors (Lipinski definition) is 4. The summed E-state index contributed by atoms with van der Waals surface area (Å²) in [6.07, 6.45) is 0. The average Bonchev–Trinajstić information content (AvgIpc) is 2.96. The van der Waals surface area contributed by atoms with Crippen molar-refractivity contribution in [3.8, 4) is 5.75 Å². The zero-order valence-corrected chi connectivity index (χ0v) is 13.5. The fourth-order valence-corrected chi connectivity index (χ4v) is 2.55. The Morgan fingerprint density at radius 3 is 2.22 bits per heavy atom. The minimum atomic E-state index is -1.20. The third kappa shape index (κ3) is 3.53. The van der Waals surface area contributed by atoms with Gasteiger partial charge in [-0.15, -0.1) is 0 Å². The Bertz CT molecular complexity index is 724. The number of furan rings is 1. The molecule has 0 aliphatic rings. The van der Waals surface area contributed by atoms with E-state index < -0.39 is 5.97 Å². The molecule has 6 heteroatoms. The van der Waals surface area contributed by atoms with Crippen LogP contribution in [0.25, 0.3) is 0 Å². The number of aromatic carboxylic acids is 1. The fourth-order valence-electron chi connectivity index (χ4n) is 2.55. The predicted octanol–water partition coefficient (Wildman–Crippen LogP) is 2.88. The summed E-state index contributed by atoms with van der Waals surface area (Å²) in [6.45, 7) is 4.28. The fraction of sp³-hybridized carbons (Fsp3) is 0.294. The monoisotopic (exact) mass is 317 g/mol. The van der Waals surface area contributed by atoms with Crippen molar-refractivity contribution in [2.75, 3.05) is 14.2 Å². The van der Waals surface area contributed by atoms with Gasteiger partial charge in [-0.05, 0) is 42.7 Å². The molecule has 0 aliphatic carbocycles. The summed E-state index contributed by atoms with van der Waals surface area (Å²) in [5.74, 6) is -0.985. The van der Waals surface area contributed by atoms with Crippen LogP contribution in [-0.2, 0) is 6.54 Å². The summed E-state index contributed by atoms with van der Waals surface area (Å²) in [5, 5.41) is 8.83. The minimum Gasteiger partial charge on any atom is -0.496 e. The van der Waals surface area contributed by atoms with E-state index in [1.54, 1.807) is 14.2 Å². The van der Waals surface area contributed by atoms with Gasteiger partial charge in [0.1, 0.15) is 5.75 Å². The first-order valence-corrected chi connectivity index (χ1v) is 7.06. The van der Waals surface area contributed by atoms with Crippen LogP contribution in [-0.4, -0.2) is 36.0 Å². The number of amides is 1. The average molecular weight is 317 g/mol. The molecule has 0 bridgehead atoms. The van der Waals surface area contributed by atoms with Gasteiger partial charge in [0, 0.05) is 13.6 Å². The Labute approximate surface area is 134 Å². The van der Waals surface area contributed by atoms with E-state index in [0.29, 0.717) is 6.54 Å². The number of carbonyl (C=O) groups excluding carboxylic acids is 1.